The Morgan fingerprint density at radius 1 is 1.31 bits per heavy atom. The molecule has 0 radical (unpaired) electrons. The van der Waals surface area contributed by atoms with E-state index in [9.17, 15) is 4.79 Å². The van der Waals surface area contributed by atoms with Crippen molar-refractivity contribution in [3.8, 4) is 0 Å². The van der Waals surface area contributed by atoms with Gasteiger partial charge >= 0.3 is 35.5 Å². The SMILES string of the molecule is CCCCCCCCNC(CS)C(=O)O.[H-].[Na+]. The minimum Gasteiger partial charge on any atom is -1.00 e. The molecule has 0 saturated carbocycles. The van der Waals surface area contributed by atoms with Crippen LogP contribution in [-0.2, 0) is 4.79 Å². The van der Waals surface area contributed by atoms with E-state index in [-0.39, 0.29) is 31.0 Å². The van der Waals surface area contributed by atoms with Crippen molar-refractivity contribution in [2.75, 3.05) is 12.3 Å². The van der Waals surface area contributed by atoms with Gasteiger partial charge in [0.2, 0.25) is 0 Å². The Hall–Kier alpha value is 0.780. The predicted octanol–water partition coefficient (Wildman–Crippen LogP) is -0.564. The van der Waals surface area contributed by atoms with Crippen molar-refractivity contribution in [3.63, 3.8) is 0 Å². The maximum absolute atomic E-state index is 10.6. The Labute approximate surface area is 128 Å². The first-order valence-corrected chi connectivity index (χ1v) is 6.42. The minimum atomic E-state index is -0.809. The van der Waals surface area contributed by atoms with Crippen molar-refractivity contribution >= 4 is 18.6 Å². The van der Waals surface area contributed by atoms with E-state index in [0.29, 0.717) is 5.75 Å². The molecule has 0 aromatic heterocycles. The molecule has 0 aliphatic heterocycles. The molecule has 5 heteroatoms. The maximum atomic E-state index is 10.6. The molecule has 3 nitrogen and oxygen atoms in total. The third-order valence-corrected chi connectivity index (χ3v) is 2.77. The second kappa shape index (κ2) is 13.8. The van der Waals surface area contributed by atoms with Crippen LogP contribution in [0.4, 0.5) is 0 Å². The summed E-state index contributed by atoms with van der Waals surface area (Å²) in [6.07, 6.45) is 7.37. The zero-order valence-electron chi connectivity index (χ0n) is 11.5. The summed E-state index contributed by atoms with van der Waals surface area (Å²) >= 11 is 3.98. The summed E-state index contributed by atoms with van der Waals surface area (Å²) in [7, 11) is 0. The summed E-state index contributed by atoms with van der Waals surface area (Å²) in [4.78, 5) is 10.6. The molecule has 0 saturated heterocycles. The molecule has 1 atom stereocenters. The van der Waals surface area contributed by atoms with E-state index in [4.69, 9.17) is 5.11 Å². The molecule has 0 aromatic rings. The number of aliphatic carboxylic acids is 1. The maximum Gasteiger partial charge on any atom is 1.00 e. The Bertz CT molecular complexity index is 176. The third kappa shape index (κ3) is 11.3. The second-order valence-corrected chi connectivity index (χ2v) is 4.16. The van der Waals surface area contributed by atoms with Crippen LogP contribution in [0.25, 0.3) is 0 Å². The van der Waals surface area contributed by atoms with Gasteiger partial charge in [0.1, 0.15) is 6.04 Å². The van der Waals surface area contributed by atoms with Crippen LogP contribution in [0.3, 0.4) is 0 Å². The van der Waals surface area contributed by atoms with Crippen LogP contribution in [0.2, 0.25) is 0 Å². The fourth-order valence-electron chi connectivity index (χ4n) is 1.41. The molecule has 0 bridgehead atoms. The van der Waals surface area contributed by atoms with Gasteiger partial charge in [-0.05, 0) is 13.0 Å². The Morgan fingerprint density at radius 3 is 2.38 bits per heavy atom. The predicted molar refractivity (Wildman–Crippen MR) is 67.8 cm³/mol. The number of carbonyl (C=O) groups is 1. The summed E-state index contributed by atoms with van der Waals surface area (Å²) < 4.78 is 0. The van der Waals surface area contributed by atoms with E-state index in [0.717, 1.165) is 13.0 Å². The van der Waals surface area contributed by atoms with Gasteiger partial charge in [-0.25, -0.2) is 0 Å². The zero-order chi connectivity index (χ0) is 11.5. The van der Waals surface area contributed by atoms with Crippen LogP contribution in [0.5, 0.6) is 0 Å². The van der Waals surface area contributed by atoms with Crippen LogP contribution >= 0.6 is 12.6 Å². The smallest absolute Gasteiger partial charge is 1.00 e. The van der Waals surface area contributed by atoms with E-state index in [1.165, 1.54) is 32.1 Å². The average molecular weight is 257 g/mol. The minimum absolute atomic E-state index is 0. The molecular formula is C11H24NNaO2S. The van der Waals surface area contributed by atoms with Gasteiger partial charge in [-0.3, -0.25) is 4.79 Å². The number of rotatable bonds is 10. The van der Waals surface area contributed by atoms with E-state index < -0.39 is 12.0 Å². The van der Waals surface area contributed by atoms with Crippen LogP contribution in [-0.4, -0.2) is 29.4 Å². The van der Waals surface area contributed by atoms with Crippen LogP contribution in [0.1, 0.15) is 46.9 Å². The second-order valence-electron chi connectivity index (χ2n) is 3.80. The average Bonchev–Trinajstić information content (AvgIpc) is 2.21. The summed E-state index contributed by atoms with van der Waals surface area (Å²) in [5, 5.41) is 11.7. The fourth-order valence-corrected chi connectivity index (χ4v) is 1.70. The number of carboxylic acid groups (broad SMARTS) is 1. The molecule has 0 aliphatic rings. The summed E-state index contributed by atoms with van der Waals surface area (Å²) in [5.41, 5.74) is 0. The number of nitrogens with one attached hydrogen (secondary N) is 1. The molecule has 1 unspecified atom stereocenters. The summed E-state index contributed by atoms with van der Waals surface area (Å²) in [6, 6.07) is -0.496. The standard InChI is InChI=1S/C11H23NO2S.Na.H/c1-2-3-4-5-6-7-8-12-10(9-15)11(13)14;;/h10,12,15H,2-9H2,1H3,(H,13,14);;/q;+1;-1. The number of unbranched alkanes of at least 4 members (excludes halogenated alkanes) is 5. The van der Waals surface area contributed by atoms with Gasteiger partial charge in [0.25, 0.3) is 0 Å². The first kappa shape index (κ1) is 19.1. The van der Waals surface area contributed by atoms with Crippen molar-refractivity contribution in [1.29, 1.82) is 0 Å². The molecule has 0 aromatic carbocycles. The molecule has 0 fully saturated rings. The van der Waals surface area contributed by atoms with Crippen molar-refractivity contribution in [2.45, 2.75) is 51.5 Å². The number of hydrogen-bond acceptors (Lipinski definition) is 3. The van der Waals surface area contributed by atoms with Crippen LogP contribution < -0.4 is 34.9 Å². The molecule has 92 valence electrons. The Balaban J connectivity index is -0.000000980. The van der Waals surface area contributed by atoms with Crippen LogP contribution in [0.15, 0.2) is 0 Å². The largest absolute Gasteiger partial charge is 1.00 e. The third-order valence-electron chi connectivity index (χ3n) is 2.40. The van der Waals surface area contributed by atoms with Gasteiger partial charge in [-0.15, -0.1) is 0 Å². The van der Waals surface area contributed by atoms with Crippen molar-refractivity contribution in [3.05, 3.63) is 0 Å². The van der Waals surface area contributed by atoms with Gasteiger partial charge in [0, 0.05) is 5.75 Å². The van der Waals surface area contributed by atoms with Crippen molar-refractivity contribution in [1.82, 2.24) is 5.32 Å². The van der Waals surface area contributed by atoms with E-state index in [1.807, 2.05) is 0 Å². The molecule has 0 rings (SSSR count). The molecule has 0 aliphatic carbocycles. The van der Waals surface area contributed by atoms with Crippen molar-refractivity contribution < 1.29 is 40.9 Å². The van der Waals surface area contributed by atoms with Gasteiger partial charge in [0.15, 0.2) is 0 Å². The van der Waals surface area contributed by atoms with Crippen molar-refractivity contribution in [2.24, 2.45) is 0 Å². The molecule has 2 N–H and O–H groups in total. The van der Waals surface area contributed by atoms with Gasteiger partial charge in [0.05, 0.1) is 0 Å². The number of thiol groups is 1. The number of carboxylic acids is 1. The Kier molecular flexibility index (Phi) is 16.5. The van der Waals surface area contributed by atoms with Crippen LogP contribution in [0, 0.1) is 0 Å². The number of hydrogen-bond donors (Lipinski definition) is 3. The van der Waals surface area contributed by atoms with Gasteiger partial charge in [-0.1, -0.05) is 39.0 Å². The van der Waals surface area contributed by atoms with Gasteiger partial charge < -0.3 is 11.8 Å². The summed E-state index contributed by atoms with van der Waals surface area (Å²) in [5.74, 6) is -0.457. The summed E-state index contributed by atoms with van der Waals surface area (Å²) in [6.45, 7) is 2.98. The van der Waals surface area contributed by atoms with Gasteiger partial charge in [-0.2, -0.15) is 12.6 Å². The van der Waals surface area contributed by atoms with E-state index in [2.05, 4.69) is 24.9 Å². The topological polar surface area (TPSA) is 49.3 Å². The first-order chi connectivity index (χ1) is 7.22. The normalized spacial score (nSPS) is 11.9. The molecule has 0 spiro atoms. The monoisotopic (exact) mass is 257 g/mol. The zero-order valence-corrected chi connectivity index (χ0v) is 13.4. The molecule has 0 amide bonds. The fraction of sp³-hybridized carbons (Fsp3) is 0.909. The Morgan fingerprint density at radius 2 is 1.88 bits per heavy atom. The molecule has 16 heavy (non-hydrogen) atoms. The molecular weight excluding hydrogens is 233 g/mol. The van der Waals surface area contributed by atoms with E-state index >= 15 is 0 Å². The molecule has 0 heterocycles. The van der Waals surface area contributed by atoms with E-state index in [1.54, 1.807) is 0 Å². The quantitative estimate of drug-likeness (QED) is 0.279. The first-order valence-electron chi connectivity index (χ1n) is 5.79.